The van der Waals surface area contributed by atoms with Crippen LogP contribution in [-0.4, -0.2) is 45.6 Å². The normalized spacial score (nSPS) is 17.0. The average molecular weight is 319 g/mol. The van der Waals surface area contributed by atoms with Crippen molar-refractivity contribution in [3.63, 3.8) is 0 Å². The highest BCUT2D eigenvalue weighted by atomic mass is 28.4. The smallest absolute Gasteiger partial charge is 0.367 e. The van der Waals surface area contributed by atoms with Crippen molar-refractivity contribution in [3.8, 4) is 0 Å². The average Bonchev–Trinajstić information content (AvgIpc) is 2.49. The van der Waals surface area contributed by atoms with Crippen LogP contribution in [0.2, 0.25) is 11.1 Å². The van der Waals surface area contributed by atoms with E-state index < -0.39 is 17.1 Å². The van der Waals surface area contributed by atoms with Gasteiger partial charge >= 0.3 is 17.1 Å². The first-order valence-electron chi connectivity index (χ1n) is 6.91. The monoisotopic (exact) mass is 318 g/mol. The number of hydrogen-bond donors (Lipinski definition) is 0. The predicted molar refractivity (Wildman–Crippen MR) is 88.0 cm³/mol. The molecule has 6 heteroatoms. The lowest BCUT2D eigenvalue weighted by molar-refractivity contribution is 0.220. The highest BCUT2D eigenvalue weighted by molar-refractivity contribution is 6.80. The molecule has 0 aromatic carbocycles. The van der Waals surface area contributed by atoms with E-state index in [0.717, 1.165) is 0 Å². The van der Waals surface area contributed by atoms with Crippen LogP contribution in [-0.2, 0) is 17.7 Å². The highest BCUT2D eigenvalue weighted by Crippen LogP contribution is 2.42. The zero-order valence-electron chi connectivity index (χ0n) is 14.1. The summed E-state index contributed by atoms with van der Waals surface area (Å²) >= 11 is 0. The summed E-state index contributed by atoms with van der Waals surface area (Å²) < 4.78 is 23.2. The second-order valence-electron chi connectivity index (χ2n) is 4.84. The molecule has 2 unspecified atom stereocenters. The lowest BCUT2D eigenvalue weighted by atomic mass is 10.3. The fraction of sp³-hybridized carbons (Fsp3) is 0.714. The first-order valence-corrected chi connectivity index (χ1v) is 10.9. The SMILES string of the molecule is CC=C[Si](OC)(OC)C(C)C(C)[Si](C=CC)(OC)OC. The van der Waals surface area contributed by atoms with Crippen molar-refractivity contribution in [2.45, 2.75) is 38.8 Å². The molecule has 0 saturated carbocycles. The Morgan fingerprint density at radius 3 is 1.05 bits per heavy atom. The Labute approximate surface area is 126 Å². The predicted octanol–water partition coefficient (Wildman–Crippen LogP) is 3.47. The van der Waals surface area contributed by atoms with Gasteiger partial charge in [-0.1, -0.05) is 26.0 Å². The van der Waals surface area contributed by atoms with Gasteiger partial charge in [0.15, 0.2) is 0 Å². The minimum Gasteiger partial charge on any atom is -0.395 e. The fourth-order valence-electron chi connectivity index (χ4n) is 2.65. The maximum absolute atomic E-state index is 5.79. The van der Waals surface area contributed by atoms with Crippen molar-refractivity contribution in [1.82, 2.24) is 0 Å². The summed E-state index contributed by atoms with van der Waals surface area (Å²) in [6.07, 6.45) is 4.00. The molecule has 118 valence electrons. The molecule has 4 nitrogen and oxygen atoms in total. The molecule has 0 aliphatic heterocycles. The maximum Gasteiger partial charge on any atom is 0.367 e. The Hall–Kier alpha value is -0.246. The van der Waals surface area contributed by atoms with Gasteiger partial charge in [-0.3, -0.25) is 0 Å². The van der Waals surface area contributed by atoms with Crippen LogP contribution in [0.3, 0.4) is 0 Å². The van der Waals surface area contributed by atoms with Gasteiger partial charge in [-0.2, -0.15) is 0 Å². The van der Waals surface area contributed by atoms with Gasteiger partial charge in [0, 0.05) is 39.5 Å². The van der Waals surface area contributed by atoms with E-state index in [2.05, 4.69) is 25.2 Å². The first-order chi connectivity index (χ1) is 9.43. The molecule has 0 N–H and O–H groups in total. The molecular weight excluding hydrogens is 288 g/mol. The van der Waals surface area contributed by atoms with E-state index in [9.17, 15) is 0 Å². The Balaban J connectivity index is 5.57. The molecule has 0 aliphatic rings. The number of allylic oxidation sites excluding steroid dienone is 2. The summed E-state index contributed by atoms with van der Waals surface area (Å²) in [5, 5.41) is 0. The molecule has 20 heavy (non-hydrogen) atoms. The molecule has 0 spiro atoms. The van der Waals surface area contributed by atoms with Crippen molar-refractivity contribution < 1.29 is 17.7 Å². The van der Waals surface area contributed by atoms with Crippen LogP contribution in [0.5, 0.6) is 0 Å². The van der Waals surface area contributed by atoms with Crippen molar-refractivity contribution in [1.29, 1.82) is 0 Å². The van der Waals surface area contributed by atoms with Crippen molar-refractivity contribution >= 4 is 17.1 Å². The third-order valence-electron chi connectivity index (χ3n) is 4.09. The van der Waals surface area contributed by atoms with Crippen LogP contribution in [0.15, 0.2) is 23.6 Å². The van der Waals surface area contributed by atoms with E-state index in [1.54, 1.807) is 28.4 Å². The molecule has 0 rings (SSSR count). The largest absolute Gasteiger partial charge is 0.395 e. The molecule has 2 atom stereocenters. The molecule has 0 aliphatic carbocycles. The van der Waals surface area contributed by atoms with Gasteiger partial charge in [-0.25, -0.2) is 0 Å². The number of hydrogen-bond acceptors (Lipinski definition) is 4. The topological polar surface area (TPSA) is 36.9 Å². The van der Waals surface area contributed by atoms with E-state index in [1.807, 2.05) is 26.0 Å². The van der Waals surface area contributed by atoms with Gasteiger partial charge in [0.2, 0.25) is 0 Å². The van der Waals surface area contributed by atoms with Crippen LogP contribution in [0, 0.1) is 0 Å². The second-order valence-corrected chi connectivity index (χ2v) is 11.8. The summed E-state index contributed by atoms with van der Waals surface area (Å²) in [7, 11) is 2.04. The standard InChI is InChI=1S/C14H30O4Si2/c1-9-11-19(15-5,16-6)13(3)14(4)20(17-7,18-8)12-10-2/h9-14H,1-8H3. The van der Waals surface area contributed by atoms with E-state index in [4.69, 9.17) is 17.7 Å². The summed E-state index contributed by atoms with van der Waals surface area (Å²) in [6.45, 7) is 8.29. The summed E-state index contributed by atoms with van der Waals surface area (Å²) in [5.74, 6) is 0. The molecule has 0 aromatic rings. The van der Waals surface area contributed by atoms with Crippen molar-refractivity contribution in [2.24, 2.45) is 0 Å². The van der Waals surface area contributed by atoms with Crippen molar-refractivity contribution in [2.75, 3.05) is 28.4 Å². The van der Waals surface area contributed by atoms with Gasteiger partial charge in [0.05, 0.1) is 0 Å². The fourth-order valence-corrected chi connectivity index (χ4v) is 9.34. The van der Waals surface area contributed by atoms with E-state index >= 15 is 0 Å². The van der Waals surface area contributed by atoms with Gasteiger partial charge in [-0.15, -0.1) is 0 Å². The zero-order chi connectivity index (χ0) is 15.8. The van der Waals surface area contributed by atoms with E-state index in [-0.39, 0.29) is 11.1 Å². The quantitative estimate of drug-likeness (QED) is 0.610. The Kier molecular flexibility index (Phi) is 8.80. The van der Waals surface area contributed by atoms with Gasteiger partial charge in [-0.05, 0) is 25.2 Å². The molecule has 0 fully saturated rings. The van der Waals surface area contributed by atoms with Crippen LogP contribution in [0.25, 0.3) is 0 Å². The zero-order valence-corrected chi connectivity index (χ0v) is 16.1. The minimum atomic E-state index is -2.42. The third kappa shape index (κ3) is 3.90. The van der Waals surface area contributed by atoms with Gasteiger partial charge < -0.3 is 17.7 Å². The summed E-state index contributed by atoms with van der Waals surface area (Å²) in [4.78, 5) is 0. The molecule has 0 radical (unpaired) electrons. The lowest BCUT2D eigenvalue weighted by Gasteiger charge is -2.39. The van der Waals surface area contributed by atoms with Crippen LogP contribution in [0.4, 0.5) is 0 Å². The van der Waals surface area contributed by atoms with Crippen LogP contribution in [0.1, 0.15) is 27.7 Å². The lowest BCUT2D eigenvalue weighted by Crippen LogP contribution is -2.52. The molecular formula is C14H30O4Si2. The van der Waals surface area contributed by atoms with Crippen molar-refractivity contribution in [3.05, 3.63) is 23.6 Å². The molecule has 0 saturated heterocycles. The summed E-state index contributed by atoms with van der Waals surface area (Å²) in [5.41, 5.74) is 4.57. The van der Waals surface area contributed by atoms with Gasteiger partial charge in [0.25, 0.3) is 0 Å². The molecule has 0 aromatic heterocycles. The van der Waals surface area contributed by atoms with Crippen LogP contribution >= 0.6 is 0 Å². The minimum absolute atomic E-state index is 0.205. The van der Waals surface area contributed by atoms with Gasteiger partial charge in [0.1, 0.15) is 0 Å². The van der Waals surface area contributed by atoms with Crippen LogP contribution < -0.4 is 0 Å². The molecule has 0 bridgehead atoms. The Morgan fingerprint density at radius 1 is 0.650 bits per heavy atom. The molecule has 0 heterocycles. The third-order valence-corrected chi connectivity index (χ3v) is 12.1. The Bertz CT molecular complexity index is 291. The van der Waals surface area contributed by atoms with E-state index in [1.165, 1.54) is 0 Å². The Morgan fingerprint density at radius 2 is 0.900 bits per heavy atom. The first kappa shape index (κ1) is 19.8. The molecule has 0 amide bonds. The van der Waals surface area contributed by atoms with E-state index in [0.29, 0.717) is 0 Å². The highest BCUT2D eigenvalue weighted by Gasteiger charge is 2.51. The second kappa shape index (κ2) is 8.91. The summed E-state index contributed by atoms with van der Waals surface area (Å²) in [6, 6.07) is 0. The maximum atomic E-state index is 5.79. The number of rotatable bonds is 9.